The van der Waals surface area contributed by atoms with Gasteiger partial charge in [0.15, 0.2) is 0 Å². The lowest BCUT2D eigenvalue weighted by atomic mass is 10.0. The topological polar surface area (TPSA) is 78.5 Å². The zero-order chi connectivity index (χ0) is 17.4. The molecule has 25 heavy (non-hydrogen) atoms. The molecule has 1 aromatic heterocycles. The summed E-state index contributed by atoms with van der Waals surface area (Å²) in [4.78, 5) is 14.9. The minimum Gasteiger partial charge on any atom is -0.497 e. The molecule has 1 amide bonds. The van der Waals surface area contributed by atoms with Crippen molar-refractivity contribution in [3.63, 3.8) is 0 Å². The lowest BCUT2D eigenvalue weighted by Gasteiger charge is -2.25. The zero-order valence-electron chi connectivity index (χ0n) is 13.8. The number of β-amino-alcohol motifs (C(OH)–C–C–N with tert-alkyl or cyclic N) is 1. The van der Waals surface area contributed by atoms with E-state index < -0.39 is 6.10 Å². The average Bonchev–Trinajstić information content (AvgIpc) is 3.27. The number of hydrogen-bond acceptors (Lipinski definition) is 4. The minimum atomic E-state index is -0.538. The van der Waals surface area contributed by atoms with Crippen molar-refractivity contribution in [2.45, 2.75) is 18.6 Å². The number of aliphatic hydroxyl groups excluding tert-OH is 1. The Kier molecular flexibility index (Phi) is 3.89. The lowest BCUT2D eigenvalue weighted by molar-refractivity contribution is 0.0717. The number of aliphatic hydroxyl groups is 1. The molecule has 0 radical (unpaired) electrons. The molecule has 1 saturated heterocycles. The van der Waals surface area contributed by atoms with Gasteiger partial charge in [0.05, 0.1) is 36.5 Å². The fraction of sp³-hybridized carbons (Fsp3) is 0.263. The number of methoxy groups -OCH3 is 1. The molecule has 1 aliphatic heterocycles. The van der Waals surface area contributed by atoms with Crippen LogP contribution < -0.4 is 4.74 Å². The van der Waals surface area contributed by atoms with E-state index in [2.05, 4.69) is 10.2 Å². The molecule has 0 spiro atoms. The van der Waals surface area contributed by atoms with E-state index in [1.807, 2.05) is 36.4 Å². The predicted molar refractivity (Wildman–Crippen MR) is 93.5 cm³/mol. The van der Waals surface area contributed by atoms with Crippen LogP contribution in [0.15, 0.2) is 48.7 Å². The molecule has 0 bridgehead atoms. The van der Waals surface area contributed by atoms with Crippen LogP contribution in [0.5, 0.6) is 5.75 Å². The molecular formula is C19H19N3O3. The monoisotopic (exact) mass is 337 g/mol. The summed E-state index contributed by atoms with van der Waals surface area (Å²) >= 11 is 0. The van der Waals surface area contributed by atoms with Crippen molar-refractivity contribution in [1.82, 2.24) is 15.1 Å². The quantitative estimate of drug-likeness (QED) is 0.770. The third-order valence-electron chi connectivity index (χ3n) is 4.73. The lowest BCUT2D eigenvalue weighted by Crippen LogP contribution is -2.31. The second-order valence-corrected chi connectivity index (χ2v) is 6.28. The van der Waals surface area contributed by atoms with Crippen molar-refractivity contribution in [2.75, 3.05) is 13.7 Å². The van der Waals surface area contributed by atoms with Crippen LogP contribution in [0.2, 0.25) is 0 Å². The van der Waals surface area contributed by atoms with E-state index >= 15 is 0 Å². The van der Waals surface area contributed by atoms with Gasteiger partial charge < -0.3 is 14.7 Å². The van der Waals surface area contributed by atoms with E-state index in [9.17, 15) is 9.90 Å². The maximum atomic E-state index is 13.2. The first-order valence-electron chi connectivity index (χ1n) is 8.22. The maximum absolute atomic E-state index is 13.2. The van der Waals surface area contributed by atoms with Crippen molar-refractivity contribution in [1.29, 1.82) is 0 Å². The van der Waals surface area contributed by atoms with Gasteiger partial charge in [-0.15, -0.1) is 0 Å². The molecule has 6 heteroatoms. The first-order chi connectivity index (χ1) is 12.2. The molecule has 0 saturated carbocycles. The number of benzene rings is 2. The number of ether oxygens (including phenoxy) is 1. The molecule has 3 aromatic rings. The van der Waals surface area contributed by atoms with E-state index in [4.69, 9.17) is 4.74 Å². The van der Waals surface area contributed by atoms with Crippen LogP contribution in [-0.2, 0) is 0 Å². The Morgan fingerprint density at radius 2 is 2.16 bits per heavy atom. The molecule has 1 aliphatic rings. The largest absolute Gasteiger partial charge is 0.497 e. The molecular weight excluding hydrogens is 318 g/mol. The Morgan fingerprint density at radius 3 is 3.00 bits per heavy atom. The average molecular weight is 337 g/mol. The number of carbonyl (C=O) groups is 1. The van der Waals surface area contributed by atoms with E-state index in [-0.39, 0.29) is 11.9 Å². The SMILES string of the molecule is COc1cccc([C@@H]2C[C@H](O)CN2C(=O)c2cccc3[nH]ncc23)c1. The third-order valence-corrected chi connectivity index (χ3v) is 4.73. The van der Waals surface area contributed by atoms with Crippen molar-refractivity contribution in [3.05, 3.63) is 59.8 Å². The molecule has 128 valence electrons. The normalized spacial score (nSPS) is 20.2. The first kappa shape index (κ1) is 15.7. The summed E-state index contributed by atoms with van der Waals surface area (Å²) in [5.74, 6) is 0.639. The van der Waals surface area contributed by atoms with Gasteiger partial charge >= 0.3 is 0 Å². The second-order valence-electron chi connectivity index (χ2n) is 6.28. The van der Waals surface area contributed by atoms with Crippen LogP contribution in [-0.4, -0.2) is 45.9 Å². The number of aromatic nitrogens is 2. The molecule has 1 fully saturated rings. The minimum absolute atomic E-state index is 0.101. The third kappa shape index (κ3) is 2.74. The molecule has 0 aliphatic carbocycles. The zero-order valence-corrected chi connectivity index (χ0v) is 13.8. The van der Waals surface area contributed by atoms with Crippen LogP contribution in [0, 0.1) is 0 Å². The molecule has 2 aromatic carbocycles. The summed E-state index contributed by atoms with van der Waals surface area (Å²) in [6, 6.07) is 13.0. The van der Waals surface area contributed by atoms with Crippen LogP contribution in [0.4, 0.5) is 0 Å². The number of amides is 1. The number of likely N-dealkylation sites (tertiary alicyclic amines) is 1. The molecule has 2 atom stereocenters. The van der Waals surface area contributed by atoms with Gasteiger partial charge in [-0.05, 0) is 36.2 Å². The van der Waals surface area contributed by atoms with Gasteiger partial charge in [0, 0.05) is 11.9 Å². The van der Waals surface area contributed by atoms with Gasteiger partial charge in [0.1, 0.15) is 5.75 Å². The number of H-pyrrole nitrogens is 1. The van der Waals surface area contributed by atoms with Crippen LogP contribution in [0.25, 0.3) is 10.9 Å². The van der Waals surface area contributed by atoms with E-state index in [0.717, 1.165) is 22.2 Å². The smallest absolute Gasteiger partial charge is 0.255 e. The number of carbonyl (C=O) groups excluding carboxylic acids is 1. The number of hydrogen-bond donors (Lipinski definition) is 2. The highest BCUT2D eigenvalue weighted by atomic mass is 16.5. The van der Waals surface area contributed by atoms with Gasteiger partial charge in [0.2, 0.25) is 0 Å². The van der Waals surface area contributed by atoms with E-state index in [1.165, 1.54) is 0 Å². The summed E-state index contributed by atoms with van der Waals surface area (Å²) in [5, 5.41) is 17.9. The molecule has 6 nitrogen and oxygen atoms in total. The number of rotatable bonds is 3. The standard InChI is InChI=1S/C19H19N3O3/c1-25-14-5-2-4-12(8-14)18-9-13(23)11-22(18)19(24)15-6-3-7-17-16(15)10-20-21-17/h2-8,10,13,18,23H,9,11H2,1H3,(H,20,21)/t13-,18-/m0/s1. The molecule has 4 rings (SSSR count). The maximum Gasteiger partial charge on any atom is 0.255 e. The van der Waals surface area contributed by atoms with Crippen molar-refractivity contribution in [3.8, 4) is 5.75 Å². The number of fused-ring (bicyclic) bond motifs is 1. The fourth-order valence-corrected chi connectivity index (χ4v) is 3.51. The van der Waals surface area contributed by atoms with Crippen LogP contribution >= 0.6 is 0 Å². The van der Waals surface area contributed by atoms with E-state index in [0.29, 0.717) is 18.5 Å². The fourth-order valence-electron chi connectivity index (χ4n) is 3.51. The van der Waals surface area contributed by atoms with Crippen molar-refractivity contribution in [2.24, 2.45) is 0 Å². The number of nitrogens with zero attached hydrogens (tertiary/aromatic N) is 2. The number of aromatic amines is 1. The Bertz CT molecular complexity index is 921. The predicted octanol–water partition coefficient (Wildman–Crippen LogP) is 2.52. The molecule has 2 N–H and O–H groups in total. The Hall–Kier alpha value is -2.86. The van der Waals surface area contributed by atoms with Crippen molar-refractivity contribution < 1.29 is 14.6 Å². The Balaban J connectivity index is 1.72. The highest BCUT2D eigenvalue weighted by Gasteiger charge is 2.36. The molecule has 0 unspecified atom stereocenters. The van der Waals surface area contributed by atoms with E-state index in [1.54, 1.807) is 24.3 Å². The summed E-state index contributed by atoms with van der Waals surface area (Å²) in [5.41, 5.74) is 2.38. The second kappa shape index (κ2) is 6.22. The highest BCUT2D eigenvalue weighted by Crippen LogP contribution is 2.35. The summed E-state index contributed by atoms with van der Waals surface area (Å²) in [7, 11) is 1.62. The summed E-state index contributed by atoms with van der Waals surface area (Å²) < 4.78 is 5.29. The van der Waals surface area contributed by atoms with Gasteiger partial charge in [-0.3, -0.25) is 9.89 Å². The van der Waals surface area contributed by atoms with Crippen LogP contribution in [0.3, 0.4) is 0 Å². The van der Waals surface area contributed by atoms with Gasteiger partial charge in [0.25, 0.3) is 5.91 Å². The molecule has 2 heterocycles. The summed E-state index contributed by atoms with van der Waals surface area (Å²) in [6.45, 7) is 0.314. The van der Waals surface area contributed by atoms with Gasteiger partial charge in [-0.1, -0.05) is 18.2 Å². The van der Waals surface area contributed by atoms with Crippen molar-refractivity contribution >= 4 is 16.8 Å². The highest BCUT2D eigenvalue weighted by molar-refractivity contribution is 6.06. The summed E-state index contributed by atoms with van der Waals surface area (Å²) in [6.07, 6.45) is 1.64. The Labute approximate surface area is 145 Å². The van der Waals surface area contributed by atoms with Gasteiger partial charge in [-0.25, -0.2) is 0 Å². The number of nitrogens with one attached hydrogen (secondary N) is 1. The Morgan fingerprint density at radius 1 is 1.32 bits per heavy atom. The van der Waals surface area contributed by atoms with Gasteiger partial charge in [-0.2, -0.15) is 5.10 Å². The van der Waals surface area contributed by atoms with Crippen LogP contribution in [0.1, 0.15) is 28.4 Å². The first-order valence-corrected chi connectivity index (χ1v) is 8.22.